The molecule has 3 heteroatoms. The van der Waals surface area contributed by atoms with Crippen LogP contribution in [0.15, 0.2) is 66.7 Å². The van der Waals surface area contributed by atoms with E-state index in [1.165, 1.54) is 88.6 Å². The zero-order chi connectivity index (χ0) is 27.3. The van der Waals surface area contributed by atoms with Gasteiger partial charge in [0.15, 0.2) is 0 Å². The molecule has 0 unspecified atom stereocenters. The van der Waals surface area contributed by atoms with Gasteiger partial charge in [-0.05, 0) is 37.0 Å². The van der Waals surface area contributed by atoms with Crippen molar-refractivity contribution in [2.75, 3.05) is 0 Å². The van der Waals surface area contributed by atoms with E-state index in [0.29, 0.717) is 5.41 Å². The first-order valence-corrected chi connectivity index (χ1v) is 14.6. The molecule has 0 fully saturated rings. The average Bonchev–Trinajstić information content (AvgIpc) is 3.46. The fourth-order valence-corrected chi connectivity index (χ4v) is 4.92. The molecule has 0 bridgehead atoms. The van der Waals surface area contributed by atoms with Gasteiger partial charge < -0.3 is 24.8 Å². The SMILES string of the molecule is CCc1cc(C(C)(C)C)c[cH-]1.C[C](=[Zr+2])c1ccccc1.Cc1[c-]c2c(cc1C)-c1cc(C)c(C)cc1C2.[Cl-].[Cl-]. The molecular formula is C36H42Cl2Zr-2. The molecule has 0 aliphatic heterocycles. The van der Waals surface area contributed by atoms with Crippen molar-refractivity contribution >= 4 is 3.21 Å². The van der Waals surface area contributed by atoms with Crippen LogP contribution in [0, 0.1) is 33.8 Å². The molecule has 0 N–H and O–H groups in total. The van der Waals surface area contributed by atoms with Gasteiger partial charge in [0.05, 0.1) is 0 Å². The van der Waals surface area contributed by atoms with Gasteiger partial charge in [-0.1, -0.05) is 71.1 Å². The minimum atomic E-state index is 0. The summed E-state index contributed by atoms with van der Waals surface area (Å²) in [5, 5.41) is 0. The van der Waals surface area contributed by atoms with Gasteiger partial charge in [0.25, 0.3) is 0 Å². The zero-order valence-electron chi connectivity index (χ0n) is 25.0. The van der Waals surface area contributed by atoms with Crippen LogP contribution in [0.3, 0.4) is 0 Å². The van der Waals surface area contributed by atoms with Gasteiger partial charge in [-0.3, -0.25) is 0 Å². The summed E-state index contributed by atoms with van der Waals surface area (Å²) < 4.78 is 1.46. The summed E-state index contributed by atoms with van der Waals surface area (Å²) in [6.07, 6.45) is 2.20. The number of rotatable bonds is 2. The van der Waals surface area contributed by atoms with Crippen LogP contribution in [0.5, 0.6) is 0 Å². The van der Waals surface area contributed by atoms with E-state index >= 15 is 0 Å². The van der Waals surface area contributed by atoms with Crippen molar-refractivity contribution in [1.29, 1.82) is 0 Å². The van der Waals surface area contributed by atoms with Crippen LogP contribution < -0.4 is 24.8 Å². The maximum absolute atomic E-state index is 3.54. The maximum atomic E-state index is 3.54. The van der Waals surface area contributed by atoms with Crippen molar-refractivity contribution in [2.24, 2.45) is 0 Å². The fraction of sp³-hybridized carbons (Fsp3) is 0.333. The molecule has 39 heavy (non-hydrogen) atoms. The average molecular weight is 637 g/mol. The molecule has 1 aliphatic rings. The number of hydrogen-bond acceptors (Lipinski definition) is 0. The summed E-state index contributed by atoms with van der Waals surface area (Å²) in [6.45, 7) is 19.8. The van der Waals surface area contributed by atoms with E-state index in [2.05, 4.69) is 129 Å². The number of benzene rings is 3. The molecular weight excluding hydrogens is 595 g/mol. The Hall–Kier alpha value is -1.66. The van der Waals surface area contributed by atoms with E-state index in [4.69, 9.17) is 0 Å². The number of halogens is 2. The fourth-order valence-electron chi connectivity index (χ4n) is 4.51. The Morgan fingerprint density at radius 2 is 1.46 bits per heavy atom. The van der Waals surface area contributed by atoms with E-state index in [1.54, 1.807) is 0 Å². The molecule has 0 aromatic heterocycles. The number of aryl methyl sites for hydroxylation is 5. The molecule has 0 atom stereocenters. The summed E-state index contributed by atoms with van der Waals surface area (Å²) in [7, 11) is 0. The molecule has 1 aliphatic carbocycles. The van der Waals surface area contributed by atoms with Gasteiger partial charge in [-0.25, -0.2) is 6.07 Å². The Kier molecular flexibility index (Phi) is 13.9. The molecule has 0 nitrogen and oxygen atoms in total. The van der Waals surface area contributed by atoms with E-state index in [1.807, 2.05) is 6.07 Å². The van der Waals surface area contributed by atoms with E-state index < -0.39 is 0 Å². The topological polar surface area (TPSA) is 0 Å². The van der Waals surface area contributed by atoms with Crippen LogP contribution in [0.1, 0.15) is 84.7 Å². The van der Waals surface area contributed by atoms with E-state index in [-0.39, 0.29) is 24.8 Å². The van der Waals surface area contributed by atoms with Gasteiger partial charge in [-0.2, -0.15) is 46.5 Å². The monoisotopic (exact) mass is 634 g/mol. The van der Waals surface area contributed by atoms with Crippen LogP contribution >= 0.6 is 0 Å². The summed E-state index contributed by atoms with van der Waals surface area (Å²) in [5.41, 5.74) is 15.6. The van der Waals surface area contributed by atoms with Crippen molar-refractivity contribution in [1.82, 2.24) is 0 Å². The van der Waals surface area contributed by atoms with Gasteiger partial charge in [0.1, 0.15) is 0 Å². The third kappa shape index (κ3) is 9.45. The Morgan fingerprint density at radius 1 is 0.872 bits per heavy atom. The second-order valence-corrected chi connectivity index (χ2v) is 13.2. The second-order valence-electron chi connectivity index (χ2n) is 11.3. The van der Waals surface area contributed by atoms with Crippen LogP contribution in [-0.4, -0.2) is 3.21 Å². The minimum Gasteiger partial charge on any atom is -1.00 e. The second kappa shape index (κ2) is 15.4. The van der Waals surface area contributed by atoms with Crippen LogP contribution in [-0.2, 0) is 42.5 Å². The quantitative estimate of drug-likeness (QED) is 0.261. The smallest absolute Gasteiger partial charge is 0.0253 e. The van der Waals surface area contributed by atoms with E-state index in [9.17, 15) is 0 Å². The van der Waals surface area contributed by atoms with Crippen LogP contribution in [0.25, 0.3) is 11.1 Å². The first kappa shape index (κ1) is 35.4. The largest absolute Gasteiger partial charge is 1.00 e. The third-order valence-corrected chi connectivity index (χ3v) is 8.00. The van der Waals surface area contributed by atoms with Gasteiger partial charge in [-0.15, -0.1) is 11.1 Å². The molecule has 0 heterocycles. The predicted molar refractivity (Wildman–Crippen MR) is 159 cm³/mol. The molecule has 4 aromatic rings. The molecule has 0 radical (unpaired) electrons. The van der Waals surface area contributed by atoms with Crippen molar-refractivity contribution < 1.29 is 49.0 Å². The third-order valence-electron chi connectivity index (χ3n) is 7.29. The summed E-state index contributed by atoms with van der Waals surface area (Å²) in [4.78, 5) is 0. The minimum absolute atomic E-state index is 0. The van der Waals surface area contributed by atoms with Crippen molar-refractivity contribution in [3.05, 3.63) is 123 Å². The Balaban J connectivity index is 0.000000304. The summed E-state index contributed by atoms with van der Waals surface area (Å²) in [5.74, 6) is 0. The van der Waals surface area contributed by atoms with E-state index in [0.717, 1.165) is 12.8 Å². The molecule has 4 aromatic carbocycles. The Bertz CT molecular complexity index is 1320. The van der Waals surface area contributed by atoms with Crippen LogP contribution in [0.4, 0.5) is 0 Å². The number of hydrogen-bond donors (Lipinski definition) is 0. The molecule has 0 saturated carbocycles. The Morgan fingerprint density at radius 3 is 1.95 bits per heavy atom. The zero-order valence-corrected chi connectivity index (χ0v) is 29.0. The number of fused-ring (bicyclic) bond motifs is 3. The maximum Gasteiger partial charge on any atom is -0.0253 e. The van der Waals surface area contributed by atoms with Gasteiger partial charge in [0.2, 0.25) is 0 Å². The van der Waals surface area contributed by atoms with Crippen molar-refractivity contribution in [3.8, 4) is 11.1 Å². The molecule has 0 amide bonds. The standard InChI is InChI=1S/C17H17.C11H17.C8H8.2ClH.Zr/c1-10-5-14-9-15-6-11(2)13(4)8-17(15)16(14)7-12(10)3;1-5-9-6-7-10(8-9)11(2,3)4;1-2-8-6-4-3-5-7-8;;;/h5,7-8H,9H2,1-4H3;6-8H,5H2,1-4H3;3-7H,1H3;2*1H;/q2*-1;;;;+2/p-2. The van der Waals surface area contributed by atoms with Crippen molar-refractivity contribution in [2.45, 2.75) is 80.6 Å². The van der Waals surface area contributed by atoms with Gasteiger partial charge >= 0.3 is 70.3 Å². The first-order valence-electron chi connectivity index (χ1n) is 13.4. The molecule has 0 spiro atoms. The first-order chi connectivity index (χ1) is 17.4. The summed E-state index contributed by atoms with van der Waals surface area (Å²) in [6, 6.07) is 27.8. The molecule has 5 rings (SSSR count). The van der Waals surface area contributed by atoms with Crippen LogP contribution in [0.2, 0.25) is 0 Å². The normalized spacial score (nSPS) is 10.9. The Labute approximate surface area is 265 Å². The van der Waals surface area contributed by atoms with Crippen molar-refractivity contribution in [3.63, 3.8) is 0 Å². The molecule has 206 valence electrons. The predicted octanol–water partition coefficient (Wildman–Crippen LogP) is 3.34. The molecule has 0 saturated heterocycles. The summed E-state index contributed by atoms with van der Waals surface area (Å²) >= 11 is 1.51. The van der Waals surface area contributed by atoms with Gasteiger partial charge in [0, 0.05) is 0 Å².